The van der Waals surface area contributed by atoms with Gasteiger partial charge in [0.2, 0.25) is 21.8 Å². The third-order valence-electron chi connectivity index (χ3n) is 5.63. The summed E-state index contributed by atoms with van der Waals surface area (Å²) in [6.45, 7) is 6.49. The molecule has 0 aliphatic carbocycles. The van der Waals surface area contributed by atoms with Crippen LogP contribution in [0.25, 0.3) is 0 Å². The molecule has 1 fully saturated rings. The number of likely N-dealkylation sites (N-methyl/N-ethyl adjacent to an activating group) is 1. The number of sulfonamides is 1. The highest BCUT2D eigenvalue weighted by atomic mass is 32.2. The lowest BCUT2D eigenvalue weighted by Gasteiger charge is -2.27. The van der Waals surface area contributed by atoms with Gasteiger partial charge < -0.3 is 15.4 Å². The molecule has 1 unspecified atom stereocenters. The number of carbonyl (C=O) groups is 2. The summed E-state index contributed by atoms with van der Waals surface area (Å²) in [7, 11) is -2.04. The Bertz CT molecular complexity index is 1150. The molecule has 34 heavy (non-hydrogen) atoms. The average Bonchev–Trinajstić information content (AvgIpc) is 2.80. The molecule has 0 spiro atoms. The first-order valence-electron chi connectivity index (χ1n) is 11.0. The van der Waals surface area contributed by atoms with Gasteiger partial charge in [0.15, 0.2) is 0 Å². The van der Waals surface area contributed by atoms with Crippen molar-refractivity contribution in [2.45, 2.75) is 31.7 Å². The maximum atomic E-state index is 13.1. The fourth-order valence-corrected chi connectivity index (χ4v) is 5.15. The van der Waals surface area contributed by atoms with Gasteiger partial charge in [-0.05, 0) is 57.6 Å². The first kappa shape index (κ1) is 25.8. The van der Waals surface area contributed by atoms with Gasteiger partial charge in [-0.2, -0.15) is 4.31 Å². The van der Waals surface area contributed by atoms with E-state index < -0.39 is 16.1 Å². The van der Waals surface area contributed by atoms with Gasteiger partial charge >= 0.3 is 0 Å². The second-order valence-corrected chi connectivity index (χ2v) is 10.2. The molecular formula is C23H31N5O5S. The number of hydrogen-bond donors (Lipinski definition) is 2. The van der Waals surface area contributed by atoms with Crippen LogP contribution in [0.3, 0.4) is 0 Å². The minimum Gasteiger partial charge on any atom is -0.379 e. The maximum Gasteiger partial charge on any atom is 0.243 e. The van der Waals surface area contributed by atoms with Crippen molar-refractivity contribution >= 4 is 33.3 Å². The molecular weight excluding hydrogens is 458 g/mol. The van der Waals surface area contributed by atoms with Gasteiger partial charge in [0.05, 0.1) is 30.7 Å². The van der Waals surface area contributed by atoms with Crippen LogP contribution in [0.15, 0.2) is 41.3 Å². The molecule has 10 nitrogen and oxygen atoms in total. The Labute approximate surface area is 200 Å². The molecule has 1 saturated heterocycles. The molecule has 3 rings (SSSR count). The van der Waals surface area contributed by atoms with Crippen LogP contribution in [-0.4, -0.2) is 80.4 Å². The zero-order valence-corrected chi connectivity index (χ0v) is 20.7. The van der Waals surface area contributed by atoms with Crippen molar-refractivity contribution in [3.8, 4) is 0 Å². The first-order chi connectivity index (χ1) is 16.1. The van der Waals surface area contributed by atoms with Crippen LogP contribution in [0, 0.1) is 13.8 Å². The third kappa shape index (κ3) is 6.38. The van der Waals surface area contributed by atoms with E-state index in [0.717, 1.165) is 5.69 Å². The van der Waals surface area contributed by atoms with Gasteiger partial charge in [-0.15, -0.1) is 0 Å². The van der Waals surface area contributed by atoms with Gasteiger partial charge in [0, 0.05) is 24.5 Å². The van der Waals surface area contributed by atoms with E-state index in [1.807, 2.05) is 13.0 Å². The molecule has 1 aliphatic heterocycles. The topological polar surface area (TPSA) is 121 Å². The molecule has 0 bridgehead atoms. The predicted molar refractivity (Wildman–Crippen MR) is 129 cm³/mol. The number of nitrogens with zero attached hydrogens (tertiary/aromatic N) is 3. The Morgan fingerprint density at radius 2 is 1.85 bits per heavy atom. The second kappa shape index (κ2) is 11.0. The Kier molecular flexibility index (Phi) is 8.37. The first-order valence-corrected chi connectivity index (χ1v) is 12.4. The lowest BCUT2D eigenvalue weighted by atomic mass is 10.2. The van der Waals surface area contributed by atoms with Crippen molar-refractivity contribution in [2.75, 3.05) is 50.5 Å². The quantitative estimate of drug-likeness (QED) is 0.578. The number of morpholine rings is 1. The summed E-state index contributed by atoms with van der Waals surface area (Å²) in [4.78, 5) is 31.2. The highest BCUT2D eigenvalue weighted by Gasteiger charge is 2.28. The number of aromatic nitrogens is 1. The second-order valence-electron chi connectivity index (χ2n) is 8.29. The van der Waals surface area contributed by atoms with Gasteiger partial charge in [0.25, 0.3) is 0 Å². The van der Waals surface area contributed by atoms with E-state index in [2.05, 4.69) is 15.6 Å². The largest absolute Gasteiger partial charge is 0.379 e. The zero-order valence-electron chi connectivity index (χ0n) is 19.9. The lowest BCUT2D eigenvalue weighted by molar-refractivity contribution is -0.122. The van der Waals surface area contributed by atoms with E-state index >= 15 is 0 Å². The summed E-state index contributed by atoms with van der Waals surface area (Å²) in [6.07, 6.45) is 0. The third-order valence-corrected chi connectivity index (χ3v) is 7.67. The number of amides is 2. The van der Waals surface area contributed by atoms with E-state index in [0.29, 0.717) is 43.4 Å². The summed E-state index contributed by atoms with van der Waals surface area (Å²) in [6, 6.07) is 9.48. The van der Waals surface area contributed by atoms with Crippen LogP contribution in [0.1, 0.15) is 18.2 Å². The number of rotatable bonds is 8. The molecule has 0 saturated carbocycles. The molecule has 11 heteroatoms. The molecule has 1 aromatic carbocycles. The molecule has 1 aromatic heterocycles. The van der Waals surface area contributed by atoms with Gasteiger partial charge in [-0.25, -0.2) is 13.4 Å². The van der Waals surface area contributed by atoms with Crippen LogP contribution < -0.4 is 10.6 Å². The molecule has 0 radical (unpaired) electrons. The average molecular weight is 490 g/mol. The van der Waals surface area contributed by atoms with E-state index in [1.165, 1.54) is 10.4 Å². The Hall–Kier alpha value is -2.86. The predicted octanol–water partition coefficient (Wildman–Crippen LogP) is 1.62. The van der Waals surface area contributed by atoms with Crippen molar-refractivity contribution in [1.29, 1.82) is 0 Å². The monoisotopic (exact) mass is 489 g/mol. The van der Waals surface area contributed by atoms with Crippen molar-refractivity contribution < 1.29 is 22.7 Å². The van der Waals surface area contributed by atoms with Crippen LogP contribution >= 0.6 is 0 Å². The number of ether oxygens (including phenoxy) is 1. The molecule has 2 amide bonds. The number of benzene rings is 1. The van der Waals surface area contributed by atoms with Gasteiger partial charge in [0.1, 0.15) is 5.82 Å². The summed E-state index contributed by atoms with van der Waals surface area (Å²) >= 11 is 0. The normalized spacial score (nSPS) is 15.7. The molecule has 2 aromatic rings. The number of anilines is 2. The summed E-state index contributed by atoms with van der Waals surface area (Å²) in [5, 5.41) is 5.48. The summed E-state index contributed by atoms with van der Waals surface area (Å²) < 4.78 is 32.8. The van der Waals surface area contributed by atoms with Crippen LogP contribution in [0.2, 0.25) is 0 Å². The standard InChI is InChI=1S/C23H31N5O5S/c1-16-8-9-19(14-20(16)34(31,32)28-10-12-33-13-11-28)25-23(30)18(3)27(4)15-22(29)26-21-7-5-6-17(2)24-21/h5-9,14,18H,10-13,15H2,1-4H3,(H,25,30)(H,24,26,29). The highest BCUT2D eigenvalue weighted by molar-refractivity contribution is 7.89. The van der Waals surface area contributed by atoms with E-state index in [1.54, 1.807) is 50.1 Å². The molecule has 2 heterocycles. The molecule has 1 atom stereocenters. The fourth-order valence-electron chi connectivity index (χ4n) is 3.49. The lowest BCUT2D eigenvalue weighted by Crippen LogP contribution is -2.43. The van der Waals surface area contributed by atoms with Crippen LogP contribution in [-0.2, 0) is 24.3 Å². The van der Waals surface area contributed by atoms with Gasteiger partial charge in [-0.1, -0.05) is 12.1 Å². The van der Waals surface area contributed by atoms with E-state index in [4.69, 9.17) is 4.74 Å². The highest BCUT2D eigenvalue weighted by Crippen LogP contribution is 2.24. The van der Waals surface area contributed by atoms with Gasteiger partial charge in [-0.3, -0.25) is 14.5 Å². The number of hydrogen-bond acceptors (Lipinski definition) is 7. The van der Waals surface area contributed by atoms with Crippen molar-refractivity contribution in [3.05, 3.63) is 47.7 Å². The maximum absolute atomic E-state index is 13.1. The summed E-state index contributed by atoms with van der Waals surface area (Å²) in [5.74, 6) is -0.207. The molecule has 2 N–H and O–H groups in total. The summed E-state index contributed by atoms with van der Waals surface area (Å²) in [5.41, 5.74) is 1.75. The van der Waals surface area contributed by atoms with Crippen molar-refractivity contribution in [1.82, 2.24) is 14.2 Å². The Balaban J connectivity index is 1.64. The Morgan fingerprint density at radius 3 is 2.53 bits per heavy atom. The SMILES string of the molecule is Cc1cccc(NC(=O)CN(C)C(C)C(=O)Nc2ccc(C)c(S(=O)(=O)N3CCOCC3)c2)n1. The van der Waals surface area contributed by atoms with Crippen molar-refractivity contribution in [2.24, 2.45) is 0 Å². The van der Waals surface area contributed by atoms with E-state index in [-0.39, 0.29) is 23.3 Å². The van der Waals surface area contributed by atoms with Crippen LogP contribution in [0.4, 0.5) is 11.5 Å². The Morgan fingerprint density at radius 1 is 1.15 bits per heavy atom. The molecule has 1 aliphatic rings. The molecule has 184 valence electrons. The van der Waals surface area contributed by atoms with Crippen LogP contribution in [0.5, 0.6) is 0 Å². The zero-order chi connectivity index (χ0) is 24.9. The minimum absolute atomic E-state index is 0.0191. The number of nitrogens with one attached hydrogen (secondary N) is 2. The fraction of sp³-hybridized carbons (Fsp3) is 0.435. The number of carbonyl (C=O) groups excluding carboxylic acids is 2. The number of aryl methyl sites for hydroxylation is 2. The smallest absolute Gasteiger partial charge is 0.243 e. The van der Waals surface area contributed by atoms with Crippen molar-refractivity contribution in [3.63, 3.8) is 0 Å². The van der Waals surface area contributed by atoms with E-state index in [9.17, 15) is 18.0 Å². The minimum atomic E-state index is -3.70. The number of pyridine rings is 1.